The van der Waals surface area contributed by atoms with E-state index < -0.39 is 0 Å². The van der Waals surface area contributed by atoms with Gasteiger partial charge in [0.05, 0.1) is 13.7 Å². The summed E-state index contributed by atoms with van der Waals surface area (Å²) in [6.45, 7) is 3.62. The van der Waals surface area contributed by atoms with Gasteiger partial charge in [0, 0.05) is 6.08 Å². The maximum Gasteiger partial charge on any atom is 0.330 e. The molecule has 0 aromatic rings. The van der Waals surface area contributed by atoms with Gasteiger partial charge < -0.3 is 9.84 Å². The number of methoxy groups -OCH3 is 1. The molecule has 0 aliphatic carbocycles. The van der Waals surface area contributed by atoms with Crippen LogP contribution in [0, 0.1) is 0 Å². The second-order valence-corrected chi connectivity index (χ2v) is 2.37. The lowest BCUT2D eigenvalue weighted by Crippen LogP contribution is -1.93. The number of carbonyl (C=O) groups excluding carboxylic acids is 1. The Morgan fingerprint density at radius 2 is 2.33 bits per heavy atom. The minimum Gasteiger partial charge on any atom is -0.466 e. The van der Waals surface area contributed by atoms with Gasteiger partial charge in [0.25, 0.3) is 0 Å². The van der Waals surface area contributed by atoms with Crippen LogP contribution in [0.2, 0.25) is 0 Å². The van der Waals surface area contributed by atoms with Crippen molar-refractivity contribution in [3.05, 3.63) is 24.3 Å². The van der Waals surface area contributed by atoms with Crippen LogP contribution >= 0.6 is 0 Å². The molecule has 0 rings (SSSR count). The summed E-state index contributed by atoms with van der Waals surface area (Å²) in [6, 6.07) is 0. The predicted molar refractivity (Wildman–Crippen MR) is 46.6 cm³/mol. The molecule has 0 aromatic heterocycles. The van der Waals surface area contributed by atoms with Crippen LogP contribution in [-0.2, 0) is 9.53 Å². The van der Waals surface area contributed by atoms with Gasteiger partial charge in [0.2, 0.25) is 0 Å². The monoisotopic (exact) mass is 170 g/mol. The van der Waals surface area contributed by atoms with Crippen molar-refractivity contribution in [3.63, 3.8) is 0 Å². The fourth-order valence-corrected chi connectivity index (χ4v) is 0.614. The Kier molecular flexibility index (Phi) is 6.01. The number of carbonyl (C=O) groups is 1. The van der Waals surface area contributed by atoms with Gasteiger partial charge >= 0.3 is 5.97 Å². The number of ether oxygens (including phenoxy) is 1. The average Bonchev–Trinajstić information content (AvgIpc) is 2.11. The number of hydrogen-bond acceptors (Lipinski definition) is 3. The van der Waals surface area contributed by atoms with Gasteiger partial charge in [-0.15, -0.1) is 0 Å². The van der Waals surface area contributed by atoms with Gasteiger partial charge in [0.15, 0.2) is 0 Å². The summed E-state index contributed by atoms with van der Waals surface area (Å²) < 4.78 is 4.39. The molecule has 1 N–H and O–H groups in total. The quantitative estimate of drug-likeness (QED) is 0.381. The summed E-state index contributed by atoms with van der Waals surface area (Å²) >= 11 is 0. The Bertz CT molecular complexity index is 182. The minimum absolute atomic E-state index is 0.00602. The maximum absolute atomic E-state index is 10.5. The van der Waals surface area contributed by atoms with E-state index in [2.05, 4.69) is 11.3 Å². The third-order valence-corrected chi connectivity index (χ3v) is 1.34. The maximum atomic E-state index is 10.5. The summed E-state index contributed by atoms with van der Waals surface area (Å²) in [4.78, 5) is 10.5. The fraction of sp³-hybridized carbons (Fsp3) is 0.444. The summed E-state index contributed by atoms with van der Waals surface area (Å²) in [7, 11) is 1.33. The standard InChI is InChI=1S/C9H14O3/c1-8(7-10)5-3-4-6-9(11)12-2/h4,6,10H,1,3,5,7H2,2H3/b6-4-. The van der Waals surface area contributed by atoms with Crippen LogP contribution < -0.4 is 0 Å². The molecule has 0 amide bonds. The van der Waals surface area contributed by atoms with E-state index >= 15 is 0 Å². The summed E-state index contributed by atoms with van der Waals surface area (Å²) in [6.07, 6.45) is 4.47. The number of allylic oxidation sites excluding steroid dienone is 1. The lowest BCUT2D eigenvalue weighted by molar-refractivity contribution is -0.134. The van der Waals surface area contributed by atoms with Crippen molar-refractivity contribution in [2.45, 2.75) is 12.8 Å². The van der Waals surface area contributed by atoms with Crippen LogP contribution in [0.1, 0.15) is 12.8 Å². The highest BCUT2D eigenvalue weighted by molar-refractivity contribution is 5.81. The van der Waals surface area contributed by atoms with Crippen molar-refractivity contribution < 1.29 is 14.6 Å². The highest BCUT2D eigenvalue weighted by atomic mass is 16.5. The first-order valence-electron chi connectivity index (χ1n) is 3.72. The van der Waals surface area contributed by atoms with Crippen LogP contribution in [0.5, 0.6) is 0 Å². The number of aliphatic hydroxyl groups is 1. The Hall–Kier alpha value is -1.09. The van der Waals surface area contributed by atoms with Crippen molar-refractivity contribution in [3.8, 4) is 0 Å². The molecule has 0 fully saturated rings. The van der Waals surface area contributed by atoms with Crippen LogP contribution in [-0.4, -0.2) is 24.8 Å². The van der Waals surface area contributed by atoms with E-state index in [1.54, 1.807) is 6.08 Å². The highest BCUT2D eigenvalue weighted by Crippen LogP contribution is 2.01. The van der Waals surface area contributed by atoms with Crippen molar-refractivity contribution in [1.29, 1.82) is 0 Å². The largest absolute Gasteiger partial charge is 0.466 e. The Morgan fingerprint density at radius 3 is 2.83 bits per heavy atom. The number of rotatable bonds is 5. The molecule has 0 spiro atoms. The lowest BCUT2D eigenvalue weighted by atomic mass is 10.2. The van der Waals surface area contributed by atoms with Gasteiger partial charge in [-0.1, -0.05) is 18.2 Å². The van der Waals surface area contributed by atoms with Crippen LogP contribution in [0.25, 0.3) is 0 Å². The molecule has 68 valence electrons. The molecule has 0 radical (unpaired) electrons. The molecule has 0 aliphatic rings. The highest BCUT2D eigenvalue weighted by Gasteiger charge is 1.91. The third-order valence-electron chi connectivity index (χ3n) is 1.34. The number of hydrogen-bond donors (Lipinski definition) is 1. The first-order valence-corrected chi connectivity index (χ1v) is 3.72. The van der Waals surface area contributed by atoms with E-state index in [4.69, 9.17) is 5.11 Å². The van der Waals surface area contributed by atoms with Gasteiger partial charge in [-0.05, 0) is 12.8 Å². The topological polar surface area (TPSA) is 46.5 Å². The molecule has 0 unspecified atom stereocenters. The molecule has 3 nitrogen and oxygen atoms in total. The van der Waals surface area contributed by atoms with E-state index in [9.17, 15) is 4.79 Å². The number of esters is 1. The van der Waals surface area contributed by atoms with E-state index in [1.807, 2.05) is 0 Å². The van der Waals surface area contributed by atoms with Gasteiger partial charge in [-0.25, -0.2) is 4.79 Å². The van der Waals surface area contributed by atoms with Gasteiger partial charge in [0.1, 0.15) is 0 Å². The fourth-order valence-electron chi connectivity index (χ4n) is 0.614. The third kappa shape index (κ3) is 5.68. The van der Waals surface area contributed by atoms with E-state index in [0.29, 0.717) is 12.8 Å². The molecular weight excluding hydrogens is 156 g/mol. The van der Waals surface area contributed by atoms with E-state index in [0.717, 1.165) is 5.57 Å². The summed E-state index contributed by atoms with van der Waals surface area (Å²) in [5.41, 5.74) is 0.768. The molecule has 0 saturated carbocycles. The van der Waals surface area contributed by atoms with Crippen molar-refractivity contribution in [2.75, 3.05) is 13.7 Å². The van der Waals surface area contributed by atoms with Crippen molar-refractivity contribution in [2.24, 2.45) is 0 Å². The average molecular weight is 170 g/mol. The van der Waals surface area contributed by atoms with Crippen LogP contribution in [0.15, 0.2) is 24.3 Å². The molecular formula is C9H14O3. The molecule has 0 saturated heterocycles. The van der Waals surface area contributed by atoms with E-state index in [1.165, 1.54) is 13.2 Å². The van der Waals surface area contributed by atoms with Gasteiger partial charge in [-0.3, -0.25) is 0 Å². The summed E-state index contributed by atoms with van der Waals surface area (Å²) in [5.74, 6) is -0.357. The van der Waals surface area contributed by atoms with Crippen LogP contribution in [0.3, 0.4) is 0 Å². The first-order chi connectivity index (χ1) is 5.70. The smallest absolute Gasteiger partial charge is 0.330 e. The minimum atomic E-state index is -0.357. The molecule has 0 atom stereocenters. The second kappa shape index (κ2) is 6.61. The Balaban J connectivity index is 3.48. The Morgan fingerprint density at radius 1 is 1.67 bits per heavy atom. The second-order valence-electron chi connectivity index (χ2n) is 2.37. The molecule has 0 bridgehead atoms. The summed E-state index contributed by atoms with van der Waals surface area (Å²) in [5, 5.41) is 8.57. The molecule has 12 heavy (non-hydrogen) atoms. The van der Waals surface area contributed by atoms with E-state index in [-0.39, 0.29) is 12.6 Å². The zero-order valence-electron chi connectivity index (χ0n) is 7.25. The SMILES string of the molecule is C=C(CO)CC/C=C\C(=O)OC. The molecule has 0 heterocycles. The molecule has 0 aliphatic heterocycles. The zero-order chi connectivity index (χ0) is 9.40. The first kappa shape index (κ1) is 10.9. The normalized spacial score (nSPS) is 10.2. The molecule has 3 heteroatoms. The number of aliphatic hydroxyl groups excluding tert-OH is 1. The zero-order valence-corrected chi connectivity index (χ0v) is 7.25. The van der Waals surface area contributed by atoms with Crippen LogP contribution in [0.4, 0.5) is 0 Å². The Labute approximate surface area is 72.3 Å². The van der Waals surface area contributed by atoms with Crippen molar-refractivity contribution >= 4 is 5.97 Å². The van der Waals surface area contributed by atoms with Crippen molar-refractivity contribution in [1.82, 2.24) is 0 Å². The van der Waals surface area contributed by atoms with Gasteiger partial charge in [-0.2, -0.15) is 0 Å². The predicted octanol–water partition coefficient (Wildman–Crippen LogP) is 1.04. The molecule has 0 aromatic carbocycles. The lowest BCUT2D eigenvalue weighted by Gasteiger charge is -1.96.